The molecule has 0 aromatic heterocycles. The maximum Gasteiger partial charge on any atom is 0.280 e. The van der Waals surface area contributed by atoms with Crippen LogP contribution in [-0.4, -0.2) is 38.1 Å². The van der Waals surface area contributed by atoms with E-state index in [1.54, 1.807) is 6.21 Å². The van der Waals surface area contributed by atoms with E-state index in [2.05, 4.69) is 29.3 Å². The van der Waals surface area contributed by atoms with Gasteiger partial charge >= 0.3 is 0 Å². The van der Waals surface area contributed by atoms with Crippen molar-refractivity contribution in [2.75, 3.05) is 20.3 Å². The molecular formula is C16H22N4O3. The highest BCUT2D eigenvalue weighted by atomic mass is 16.7. The summed E-state index contributed by atoms with van der Waals surface area (Å²) < 4.78 is 5.58. The van der Waals surface area contributed by atoms with E-state index >= 15 is 0 Å². The number of oxime groups is 2. The molecule has 2 rings (SSSR count). The first kappa shape index (κ1) is 16.8. The average molecular weight is 318 g/mol. The lowest BCUT2D eigenvalue weighted by atomic mass is 9.87. The molecule has 0 fully saturated rings. The lowest BCUT2D eigenvalue weighted by molar-refractivity contribution is 0.0672. The zero-order chi connectivity index (χ0) is 17.0. The van der Waals surface area contributed by atoms with Gasteiger partial charge in [0.2, 0.25) is 0 Å². The van der Waals surface area contributed by atoms with Crippen molar-refractivity contribution in [3.05, 3.63) is 33.4 Å². The van der Waals surface area contributed by atoms with Gasteiger partial charge in [0.25, 0.3) is 5.90 Å². The molecule has 0 aliphatic carbocycles. The summed E-state index contributed by atoms with van der Waals surface area (Å²) in [7, 11) is 1.48. The zero-order valence-electron chi connectivity index (χ0n) is 14.1. The van der Waals surface area contributed by atoms with Crippen molar-refractivity contribution < 1.29 is 14.4 Å². The van der Waals surface area contributed by atoms with Crippen LogP contribution in [0.1, 0.15) is 33.4 Å². The van der Waals surface area contributed by atoms with Crippen molar-refractivity contribution in [3.8, 4) is 0 Å². The van der Waals surface area contributed by atoms with E-state index in [9.17, 15) is 0 Å². The summed E-state index contributed by atoms with van der Waals surface area (Å²) in [6, 6.07) is 0. The second-order valence-electron chi connectivity index (χ2n) is 5.27. The van der Waals surface area contributed by atoms with E-state index < -0.39 is 0 Å². The van der Waals surface area contributed by atoms with Crippen LogP contribution in [0.25, 0.3) is 0 Å². The second-order valence-corrected chi connectivity index (χ2v) is 5.27. The van der Waals surface area contributed by atoms with Gasteiger partial charge in [-0.15, -0.1) is 0 Å². The Balaban J connectivity index is 2.77. The summed E-state index contributed by atoms with van der Waals surface area (Å²) in [5.74, 6) is 5.69. The zero-order valence-corrected chi connectivity index (χ0v) is 14.1. The van der Waals surface area contributed by atoms with Crippen molar-refractivity contribution in [1.82, 2.24) is 0 Å². The number of hydrazone groups is 1. The standard InChI is InChI=1S/C16H22N4O3/c1-9-10(2)12(4)14(13(8-18-17)11(9)3)15(19-21-5)16-20-23-7-6-22-16/h8H,6-7,17H2,1-5H3/b18-8+,19-15+. The van der Waals surface area contributed by atoms with Gasteiger partial charge in [-0.3, -0.25) is 0 Å². The summed E-state index contributed by atoms with van der Waals surface area (Å²) in [6.45, 7) is 8.98. The minimum Gasteiger partial charge on any atom is -0.470 e. The Bertz CT molecular complexity index is 693. The second kappa shape index (κ2) is 7.13. The van der Waals surface area contributed by atoms with Gasteiger partial charge in [0.15, 0.2) is 12.3 Å². The molecule has 0 atom stereocenters. The van der Waals surface area contributed by atoms with Crippen molar-refractivity contribution >= 4 is 17.8 Å². The normalized spacial score (nSPS) is 15.2. The molecule has 0 saturated heterocycles. The largest absolute Gasteiger partial charge is 0.470 e. The Labute approximate surface area is 135 Å². The summed E-state index contributed by atoms with van der Waals surface area (Å²) in [4.78, 5) is 10.1. The van der Waals surface area contributed by atoms with Crippen molar-refractivity contribution in [2.45, 2.75) is 27.7 Å². The molecule has 0 bridgehead atoms. The van der Waals surface area contributed by atoms with E-state index in [0.29, 0.717) is 18.9 Å². The van der Waals surface area contributed by atoms with Crippen LogP contribution in [0, 0.1) is 27.7 Å². The third kappa shape index (κ3) is 3.13. The van der Waals surface area contributed by atoms with Crippen LogP contribution < -0.4 is 5.84 Å². The van der Waals surface area contributed by atoms with Gasteiger partial charge in [0.05, 0.1) is 6.21 Å². The van der Waals surface area contributed by atoms with E-state index in [-0.39, 0.29) is 5.90 Å². The Morgan fingerprint density at radius 1 is 1.13 bits per heavy atom. The van der Waals surface area contributed by atoms with Crippen LogP contribution in [0.3, 0.4) is 0 Å². The van der Waals surface area contributed by atoms with E-state index in [1.807, 2.05) is 13.8 Å². The first-order valence-corrected chi connectivity index (χ1v) is 7.31. The Morgan fingerprint density at radius 2 is 1.83 bits per heavy atom. The Morgan fingerprint density at radius 3 is 2.39 bits per heavy atom. The fourth-order valence-corrected chi connectivity index (χ4v) is 2.58. The molecule has 0 amide bonds. The monoisotopic (exact) mass is 318 g/mol. The molecule has 0 saturated carbocycles. The number of benzene rings is 1. The number of nitrogens with two attached hydrogens (primary N) is 1. The van der Waals surface area contributed by atoms with Crippen LogP contribution in [0.4, 0.5) is 0 Å². The van der Waals surface area contributed by atoms with Crippen molar-refractivity contribution in [3.63, 3.8) is 0 Å². The third-order valence-electron chi connectivity index (χ3n) is 4.12. The number of nitrogens with zero attached hydrogens (tertiary/aromatic N) is 3. The van der Waals surface area contributed by atoms with E-state index in [0.717, 1.165) is 27.8 Å². The topological polar surface area (TPSA) is 90.8 Å². The van der Waals surface area contributed by atoms with Crippen LogP contribution in [0.5, 0.6) is 0 Å². The number of rotatable bonds is 4. The molecule has 124 valence electrons. The van der Waals surface area contributed by atoms with Crippen LogP contribution >= 0.6 is 0 Å². The smallest absolute Gasteiger partial charge is 0.280 e. The number of hydrogen-bond donors (Lipinski definition) is 1. The molecular weight excluding hydrogens is 296 g/mol. The molecule has 0 radical (unpaired) electrons. The summed E-state index contributed by atoms with van der Waals surface area (Å²) in [5.41, 5.74) is 6.60. The quantitative estimate of drug-likeness (QED) is 0.521. The molecule has 7 heteroatoms. The molecule has 1 aromatic rings. The lowest BCUT2D eigenvalue weighted by Crippen LogP contribution is -2.28. The molecule has 2 N–H and O–H groups in total. The van der Waals surface area contributed by atoms with Crippen LogP contribution in [0.15, 0.2) is 15.4 Å². The Hall–Kier alpha value is -2.57. The first-order valence-electron chi connectivity index (χ1n) is 7.31. The van der Waals surface area contributed by atoms with Gasteiger partial charge in [-0.25, -0.2) is 0 Å². The van der Waals surface area contributed by atoms with E-state index in [1.165, 1.54) is 12.7 Å². The van der Waals surface area contributed by atoms with Gasteiger partial charge in [-0.05, 0) is 55.1 Å². The molecule has 7 nitrogen and oxygen atoms in total. The molecule has 1 aromatic carbocycles. The molecule has 0 spiro atoms. The highest BCUT2D eigenvalue weighted by Gasteiger charge is 2.25. The lowest BCUT2D eigenvalue weighted by Gasteiger charge is -2.21. The molecule has 0 unspecified atom stereocenters. The van der Waals surface area contributed by atoms with Crippen molar-refractivity contribution in [2.24, 2.45) is 21.3 Å². The highest BCUT2D eigenvalue weighted by molar-refractivity contribution is 6.46. The van der Waals surface area contributed by atoms with Gasteiger partial charge < -0.3 is 20.3 Å². The SMILES string of the molecule is CO/N=C(/C1=NOCCO1)c1c(C)c(C)c(C)c(C)c1/C=N/N. The van der Waals surface area contributed by atoms with E-state index in [4.69, 9.17) is 20.3 Å². The first-order chi connectivity index (χ1) is 11.0. The van der Waals surface area contributed by atoms with Gasteiger partial charge in [0, 0.05) is 11.1 Å². The Kier molecular flexibility index (Phi) is 5.20. The number of ether oxygens (including phenoxy) is 1. The van der Waals surface area contributed by atoms with Crippen LogP contribution in [-0.2, 0) is 14.4 Å². The van der Waals surface area contributed by atoms with Crippen LogP contribution in [0.2, 0.25) is 0 Å². The fraction of sp³-hybridized carbons (Fsp3) is 0.438. The minimum absolute atomic E-state index is 0.288. The minimum atomic E-state index is 0.288. The fourth-order valence-electron chi connectivity index (χ4n) is 2.58. The molecule has 23 heavy (non-hydrogen) atoms. The molecule has 1 aliphatic heterocycles. The molecule has 1 heterocycles. The predicted molar refractivity (Wildman–Crippen MR) is 90.1 cm³/mol. The molecule has 1 aliphatic rings. The van der Waals surface area contributed by atoms with Gasteiger partial charge in [-0.2, -0.15) is 5.10 Å². The summed E-state index contributed by atoms with van der Waals surface area (Å²) in [5, 5.41) is 11.8. The third-order valence-corrected chi connectivity index (χ3v) is 4.12. The van der Waals surface area contributed by atoms with Gasteiger partial charge in [-0.1, -0.05) is 5.16 Å². The average Bonchev–Trinajstić information content (AvgIpc) is 2.57. The maximum atomic E-state index is 5.58. The highest BCUT2D eigenvalue weighted by Crippen LogP contribution is 2.27. The number of hydrogen-bond acceptors (Lipinski definition) is 7. The summed E-state index contributed by atoms with van der Waals surface area (Å²) >= 11 is 0. The summed E-state index contributed by atoms with van der Waals surface area (Å²) in [6.07, 6.45) is 1.61. The predicted octanol–water partition coefficient (Wildman–Crippen LogP) is 1.92. The maximum absolute atomic E-state index is 5.58. The van der Waals surface area contributed by atoms with Crippen molar-refractivity contribution in [1.29, 1.82) is 0 Å². The van der Waals surface area contributed by atoms with Gasteiger partial charge in [0.1, 0.15) is 13.7 Å².